The molecule has 0 unspecified atom stereocenters. The van der Waals surface area contributed by atoms with Gasteiger partial charge in [0, 0.05) is 11.9 Å². The van der Waals surface area contributed by atoms with Gasteiger partial charge in [0.15, 0.2) is 0 Å². The number of aromatic nitrogens is 3. The quantitative estimate of drug-likeness (QED) is 0.525. The minimum Gasteiger partial charge on any atom is -0.334 e. The first-order valence-corrected chi connectivity index (χ1v) is 7.97. The molecule has 8 nitrogen and oxygen atoms in total. The van der Waals surface area contributed by atoms with Gasteiger partial charge in [-0.2, -0.15) is 0 Å². The molecule has 0 spiro atoms. The molecule has 0 radical (unpaired) electrons. The molecule has 0 amide bonds. The van der Waals surface area contributed by atoms with E-state index in [0.717, 1.165) is 22.4 Å². The molecule has 3 rings (SSSR count). The van der Waals surface area contributed by atoms with Crippen LogP contribution in [0.3, 0.4) is 0 Å². The van der Waals surface area contributed by atoms with Crippen LogP contribution in [0.15, 0.2) is 42.9 Å². The lowest BCUT2D eigenvalue weighted by Crippen LogP contribution is -2.07. The zero-order valence-corrected chi connectivity index (χ0v) is 14.6. The SMILES string of the molecule is Cc1cc(C)cc(Nc2ncnc(Nc3ncccc3C)c2[N+](=O)[O-])c1. The highest BCUT2D eigenvalue weighted by atomic mass is 16.6. The molecule has 132 valence electrons. The van der Waals surface area contributed by atoms with Gasteiger partial charge in [0.25, 0.3) is 0 Å². The van der Waals surface area contributed by atoms with Crippen LogP contribution in [-0.2, 0) is 0 Å². The van der Waals surface area contributed by atoms with Gasteiger partial charge in [-0.25, -0.2) is 15.0 Å². The second kappa shape index (κ2) is 7.14. The molecule has 0 aliphatic carbocycles. The van der Waals surface area contributed by atoms with Gasteiger partial charge in [-0.3, -0.25) is 10.1 Å². The van der Waals surface area contributed by atoms with E-state index in [1.165, 1.54) is 6.33 Å². The summed E-state index contributed by atoms with van der Waals surface area (Å²) < 4.78 is 0. The van der Waals surface area contributed by atoms with E-state index in [0.29, 0.717) is 5.82 Å². The minimum absolute atomic E-state index is 0.0821. The van der Waals surface area contributed by atoms with Crippen molar-refractivity contribution in [1.82, 2.24) is 15.0 Å². The molecule has 26 heavy (non-hydrogen) atoms. The van der Waals surface area contributed by atoms with Crippen LogP contribution in [0.2, 0.25) is 0 Å². The van der Waals surface area contributed by atoms with E-state index in [-0.39, 0.29) is 17.3 Å². The van der Waals surface area contributed by atoms with E-state index in [1.807, 2.05) is 45.0 Å². The number of hydrogen-bond donors (Lipinski definition) is 2. The number of benzene rings is 1. The molecule has 0 aliphatic heterocycles. The summed E-state index contributed by atoms with van der Waals surface area (Å²) >= 11 is 0. The maximum absolute atomic E-state index is 11.7. The maximum atomic E-state index is 11.7. The molecular weight excluding hydrogens is 332 g/mol. The molecule has 3 aromatic rings. The van der Waals surface area contributed by atoms with Crippen LogP contribution < -0.4 is 10.6 Å². The normalized spacial score (nSPS) is 10.4. The third-order valence-electron chi connectivity index (χ3n) is 3.74. The molecule has 0 saturated carbocycles. The summed E-state index contributed by atoms with van der Waals surface area (Å²) in [6.07, 6.45) is 2.88. The van der Waals surface area contributed by atoms with Crippen LogP contribution in [0.5, 0.6) is 0 Å². The third-order valence-corrected chi connectivity index (χ3v) is 3.74. The van der Waals surface area contributed by atoms with Gasteiger partial charge in [0.2, 0.25) is 11.6 Å². The Morgan fingerprint density at radius 2 is 1.58 bits per heavy atom. The fourth-order valence-electron chi connectivity index (χ4n) is 2.65. The van der Waals surface area contributed by atoms with E-state index in [1.54, 1.807) is 12.3 Å². The van der Waals surface area contributed by atoms with Crippen molar-refractivity contribution in [3.63, 3.8) is 0 Å². The Kier molecular flexibility index (Phi) is 4.74. The number of hydrogen-bond acceptors (Lipinski definition) is 7. The van der Waals surface area contributed by atoms with Gasteiger partial charge < -0.3 is 10.6 Å². The topological polar surface area (TPSA) is 106 Å². The summed E-state index contributed by atoms with van der Waals surface area (Å²) in [4.78, 5) is 23.4. The van der Waals surface area contributed by atoms with E-state index in [9.17, 15) is 10.1 Å². The summed E-state index contributed by atoms with van der Waals surface area (Å²) in [7, 11) is 0. The number of pyridine rings is 1. The van der Waals surface area contributed by atoms with E-state index in [4.69, 9.17) is 0 Å². The van der Waals surface area contributed by atoms with Gasteiger partial charge in [0.1, 0.15) is 12.1 Å². The van der Waals surface area contributed by atoms with Crippen molar-refractivity contribution in [3.05, 3.63) is 69.7 Å². The molecule has 0 fully saturated rings. The lowest BCUT2D eigenvalue weighted by atomic mass is 10.1. The fraction of sp³-hybridized carbons (Fsp3) is 0.167. The van der Waals surface area contributed by atoms with Crippen molar-refractivity contribution in [2.75, 3.05) is 10.6 Å². The lowest BCUT2D eigenvalue weighted by Gasteiger charge is -2.11. The summed E-state index contributed by atoms with van der Waals surface area (Å²) in [5.41, 5.74) is 3.43. The second-order valence-corrected chi connectivity index (χ2v) is 5.97. The molecule has 8 heteroatoms. The zero-order chi connectivity index (χ0) is 18.7. The number of rotatable bonds is 5. The van der Waals surface area contributed by atoms with Crippen molar-refractivity contribution < 1.29 is 4.92 Å². The lowest BCUT2D eigenvalue weighted by molar-refractivity contribution is -0.383. The zero-order valence-electron chi connectivity index (χ0n) is 14.6. The van der Waals surface area contributed by atoms with Gasteiger partial charge in [-0.1, -0.05) is 12.1 Å². The molecule has 0 saturated heterocycles. The van der Waals surface area contributed by atoms with Crippen molar-refractivity contribution in [2.24, 2.45) is 0 Å². The Balaban J connectivity index is 2.01. The molecule has 2 heterocycles. The van der Waals surface area contributed by atoms with E-state index < -0.39 is 4.92 Å². The highest BCUT2D eigenvalue weighted by Crippen LogP contribution is 2.33. The van der Waals surface area contributed by atoms with Crippen molar-refractivity contribution >= 4 is 28.8 Å². The summed E-state index contributed by atoms with van der Waals surface area (Å²) in [5, 5.41) is 17.6. The molecule has 1 aromatic carbocycles. The molecule has 2 aromatic heterocycles. The Bertz CT molecular complexity index is 953. The standard InChI is InChI=1S/C18H18N6O2/c1-11-7-12(2)9-14(8-11)22-17-15(24(25)26)18(21-10-20-17)23-16-13(3)5-4-6-19-16/h4-10H,1-3H3,(H2,19,20,21,22,23). The van der Waals surface area contributed by atoms with Gasteiger partial charge in [-0.15, -0.1) is 0 Å². The minimum atomic E-state index is -0.508. The van der Waals surface area contributed by atoms with Crippen molar-refractivity contribution in [3.8, 4) is 0 Å². The summed E-state index contributed by atoms with van der Waals surface area (Å²) in [6.45, 7) is 5.78. The smallest absolute Gasteiger partial charge is 0.334 e. The Labute approximate surface area is 150 Å². The number of anilines is 4. The van der Waals surface area contributed by atoms with Crippen LogP contribution in [-0.4, -0.2) is 19.9 Å². The Morgan fingerprint density at radius 3 is 2.19 bits per heavy atom. The first-order chi connectivity index (χ1) is 12.4. The average molecular weight is 350 g/mol. The molecule has 2 N–H and O–H groups in total. The predicted molar refractivity (Wildman–Crippen MR) is 100 cm³/mol. The summed E-state index contributed by atoms with van der Waals surface area (Å²) in [5.74, 6) is 0.705. The molecule has 0 aliphatic rings. The van der Waals surface area contributed by atoms with Crippen LogP contribution in [0.25, 0.3) is 0 Å². The number of nitrogens with one attached hydrogen (secondary N) is 2. The van der Waals surface area contributed by atoms with E-state index >= 15 is 0 Å². The molecular formula is C18H18N6O2. The Morgan fingerprint density at radius 1 is 0.923 bits per heavy atom. The van der Waals surface area contributed by atoms with Crippen LogP contribution >= 0.6 is 0 Å². The van der Waals surface area contributed by atoms with Crippen LogP contribution in [0, 0.1) is 30.9 Å². The van der Waals surface area contributed by atoms with Crippen molar-refractivity contribution in [1.29, 1.82) is 0 Å². The van der Waals surface area contributed by atoms with Crippen LogP contribution in [0.1, 0.15) is 16.7 Å². The van der Waals surface area contributed by atoms with Crippen molar-refractivity contribution in [2.45, 2.75) is 20.8 Å². The molecule has 0 bridgehead atoms. The first kappa shape index (κ1) is 17.3. The largest absolute Gasteiger partial charge is 0.353 e. The fourth-order valence-corrected chi connectivity index (χ4v) is 2.65. The third kappa shape index (κ3) is 3.75. The van der Waals surface area contributed by atoms with Crippen LogP contribution in [0.4, 0.5) is 28.8 Å². The monoisotopic (exact) mass is 350 g/mol. The maximum Gasteiger partial charge on any atom is 0.353 e. The second-order valence-electron chi connectivity index (χ2n) is 5.97. The van der Waals surface area contributed by atoms with Gasteiger partial charge in [0.05, 0.1) is 4.92 Å². The first-order valence-electron chi connectivity index (χ1n) is 7.97. The highest BCUT2D eigenvalue weighted by molar-refractivity contribution is 5.76. The van der Waals surface area contributed by atoms with Gasteiger partial charge in [-0.05, 0) is 55.7 Å². The summed E-state index contributed by atoms with van der Waals surface area (Å²) in [6, 6.07) is 9.47. The van der Waals surface area contributed by atoms with Gasteiger partial charge >= 0.3 is 5.69 Å². The number of nitrogens with zero attached hydrogens (tertiary/aromatic N) is 4. The highest BCUT2D eigenvalue weighted by Gasteiger charge is 2.24. The average Bonchev–Trinajstić information content (AvgIpc) is 2.56. The molecule has 0 atom stereocenters. The van der Waals surface area contributed by atoms with E-state index in [2.05, 4.69) is 25.6 Å². The number of nitro groups is 1. The number of aryl methyl sites for hydroxylation is 3. The predicted octanol–water partition coefficient (Wildman–Crippen LogP) is 4.19. The Hall–Kier alpha value is -3.55.